The van der Waals surface area contributed by atoms with Crippen LogP contribution in [0, 0.1) is 20.8 Å². The molecule has 1 aromatic heterocycles. The molecular formula is C15H21N3O. The summed E-state index contributed by atoms with van der Waals surface area (Å²) >= 11 is 0. The Morgan fingerprint density at radius 1 is 1.26 bits per heavy atom. The van der Waals surface area contributed by atoms with E-state index in [1.54, 1.807) is 7.11 Å². The minimum absolute atomic E-state index is 0.00329. The van der Waals surface area contributed by atoms with Crippen molar-refractivity contribution in [2.24, 2.45) is 5.73 Å². The Hall–Kier alpha value is -1.81. The van der Waals surface area contributed by atoms with Crippen LogP contribution in [-0.4, -0.2) is 23.4 Å². The van der Waals surface area contributed by atoms with Crippen molar-refractivity contribution < 1.29 is 4.74 Å². The van der Waals surface area contributed by atoms with E-state index < -0.39 is 0 Å². The highest BCUT2D eigenvalue weighted by atomic mass is 16.5. The molecule has 1 heterocycles. The molecule has 0 saturated heterocycles. The van der Waals surface area contributed by atoms with E-state index >= 15 is 0 Å². The third kappa shape index (κ3) is 2.36. The van der Waals surface area contributed by atoms with Crippen LogP contribution in [0.3, 0.4) is 0 Å². The molecule has 2 N–H and O–H groups in total. The molecule has 2 rings (SSSR count). The fourth-order valence-corrected chi connectivity index (χ4v) is 2.35. The maximum Gasteiger partial charge on any atom is 0.124 e. The largest absolute Gasteiger partial charge is 0.496 e. The molecule has 4 heteroatoms. The minimum atomic E-state index is 0.00329. The van der Waals surface area contributed by atoms with Gasteiger partial charge in [-0.2, -0.15) is 5.10 Å². The number of hydrogen-bond acceptors (Lipinski definition) is 3. The van der Waals surface area contributed by atoms with Crippen LogP contribution in [-0.2, 0) is 0 Å². The van der Waals surface area contributed by atoms with Gasteiger partial charge < -0.3 is 10.5 Å². The monoisotopic (exact) mass is 259 g/mol. The summed E-state index contributed by atoms with van der Waals surface area (Å²) in [6.45, 7) is 6.67. The Labute approximate surface area is 114 Å². The molecule has 0 aliphatic carbocycles. The van der Waals surface area contributed by atoms with Gasteiger partial charge in [0.05, 0.1) is 18.8 Å². The van der Waals surface area contributed by atoms with E-state index in [9.17, 15) is 0 Å². The maximum absolute atomic E-state index is 5.97. The van der Waals surface area contributed by atoms with Gasteiger partial charge in [-0.25, -0.2) is 0 Å². The van der Waals surface area contributed by atoms with Gasteiger partial charge in [0.25, 0.3) is 0 Å². The van der Waals surface area contributed by atoms with Crippen molar-refractivity contribution in [3.8, 4) is 5.75 Å². The van der Waals surface area contributed by atoms with Crippen LogP contribution in [0.4, 0.5) is 0 Å². The predicted molar refractivity (Wildman–Crippen MR) is 76.6 cm³/mol. The minimum Gasteiger partial charge on any atom is -0.496 e. The van der Waals surface area contributed by atoms with E-state index in [2.05, 4.69) is 18.9 Å². The predicted octanol–water partition coefficient (Wildman–Crippen LogP) is 2.37. The van der Waals surface area contributed by atoms with E-state index in [-0.39, 0.29) is 6.04 Å². The van der Waals surface area contributed by atoms with Crippen molar-refractivity contribution >= 4 is 0 Å². The summed E-state index contributed by atoms with van der Waals surface area (Å²) in [6, 6.07) is 7.96. The smallest absolute Gasteiger partial charge is 0.124 e. The second-order valence-electron chi connectivity index (χ2n) is 4.73. The second kappa shape index (κ2) is 5.45. The Morgan fingerprint density at radius 3 is 2.47 bits per heavy atom. The van der Waals surface area contributed by atoms with Crippen LogP contribution in [0.1, 0.15) is 28.6 Å². The van der Waals surface area contributed by atoms with Crippen LogP contribution in [0.15, 0.2) is 24.3 Å². The van der Waals surface area contributed by atoms with Gasteiger partial charge in [0, 0.05) is 17.8 Å². The summed E-state index contributed by atoms with van der Waals surface area (Å²) < 4.78 is 7.43. The summed E-state index contributed by atoms with van der Waals surface area (Å²) in [7, 11) is 1.68. The number of aromatic nitrogens is 2. The number of aryl methyl sites for hydroxylation is 1. The molecule has 1 aromatic carbocycles. The van der Waals surface area contributed by atoms with Crippen molar-refractivity contribution in [1.29, 1.82) is 0 Å². The van der Waals surface area contributed by atoms with E-state index in [1.165, 1.54) is 5.56 Å². The molecule has 0 fully saturated rings. The van der Waals surface area contributed by atoms with Gasteiger partial charge in [0.2, 0.25) is 0 Å². The number of benzene rings is 1. The van der Waals surface area contributed by atoms with Crippen LogP contribution in [0.25, 0.3) is 0 Å². The summed E-state index contributed by atoms with van der Waals surface area (Å²) in [4.78, 5) is 0. The fraction of sp³-hybridized carbons (Fsp3) is 0.400. The number of ether oxygens (including phenoxy) is 1. The van der Waals surface area contributed by atoms with Gasteiger partial charge in [0.1, 0.15) is 5.75 Å². The molecular weight excluding hydrogens is 238 g/mol. The van der Waals surface area contributed by atoms with Gasteiger partial charge in [-0.05, 0) is 32.4 Å². The number of nitrogens with two attached hydrogens (primary N) is 1. The summed E-state index contributed by atoms with van der Waals surface area (Å²) in [5.74, 6) is 0.850. The molecule has 102 valence electrons. The lowest BCUT2D eigenvalue weighted by atomic mass is 10.1. The van der Waals surface area contributed by atoms with E-state index in [4.69, 9.17) is 10.5 Å². The average molecular weight is 259 g/mol. The SMILES string of the molecule is COc1ccccc1C(CN)n1nc(C)c(C)c1C. The highest BCUT2D eigenvalue weighted by Gasteiger charge is 2.20. The quantitative estimate of drug-likeness (QED) is 0.917. The zero-order valence-electron chi connectivity index (χ0n) is 12.0. The normalized spacial score (nSPS) is 12.5. The first-order chi connectivity index (χ1) is 9.10. The third-order valence-electron chi connectivity index (χ3n) is 3.70. The summed E-state index contributed by atoms with van der Waals surface area (Å²) in [5.41, 5.74) is 10.5. The van der Waals surface area contributed by atoms with Gasteiger partial charge in [-0.1, -0.05) is 18.2 Å². The average Bonchev–Trinajstić information content (AvgIpc) is 2.68. The molecule has 0 aliphatic heterocycles. The molecule has 19 heavy (non-hydrogen) atoms. The summed E-state index contributed by atoms with van der Waals surface area (Å²) in [6.07, 6.45) is 0. The molecule has 0 amide bonds. The first kappa shape index (κ1) is 13.6. The number of methoxy groups -OCH3 is 1. The highest BCUT2D eigenvalue weighted by molar-refractivity contribution is 5.37. The number of hydrogen-bond donors (Lipinski definition) is 1. The fourth-order valence-electron chi connectivity index (χ4n) is 2.35. The van der Waals surface area contributed by atoms with Gasteiger partial charge in [-0.3, -0.25) is 4.68 Å². The first-order valence-corrected chi connectivity index (χ1v) is 6.45. The Kier molecular flexibility index (Phi) is 3.90. The van der Waals surface area contributed by atoms with Crippen molar-refractivity contribution in [3.63, 3.8) is 0 Å². The molecule has 4 nitrogen and oxygen atoms in total. The van der Waals surface area contributed by atoms with Crippen molar-refractivity contribution in [1.82, 2.24) is 9.78 Å². The van der Waals surface area contributed by atoms with Crippen LogP contribution < -0.4 is 10.5 Å². The number of nitrogens with zero attached hydrogens (tertiary/aromatic N) is 2. The second-order valence-corrected chi connectivity index (χ2v) is 4.73. The lowest BCUT2D eigenvalue weighted by molar-refractivity contribution is 0.397. The van der Waals surface area contributed by atoms with Crippen molar-refractivity contribution in [2.75, 3.05) is 13.7 Å². The number of rotatable bonds is 4. The lowest BCUT2D eigenvalue weighted by Crippen LogP contribution is -2.23. The zero-order chi connectivity index (χ0) is 14.0. The molecule has 1 atom stereocenters. The van der Waals surface area contributed by atoms with E-state index in [0.717, 1.165) is 22.7 Å². The van der Waals surface area contributed by atoms with Gasteiger partial charge in [-0.15, -0.1) is 0 Å². The molecule has 0 spiro atoms. The molecule has 0 bridgehead atoms. The highest BCUT2D eigenvalue weighted by Crippen LogP contribution is 2.28. The van der Waals surface area contributed by atoms with Crippen LogP contribution in [0.2, 0.25) is 0 Å². The van der Waals surface area contributed by atoms with Crippen molar-refractivity contribution in [3.05, 3.63) is 46.8 Å². The molecule has 0 radical (unpaired) electrons. The standard InChI is InChI=1S/C15H21N3O/c1-10-11(2)17-18(12(10)3)14(9-16)13-7-5-6-8-15(13)19-4/h5-8,14H,9,16H2,1-4H3. The van der Waals surface area contributed by atoms with Crippen LogP contribution in [0.5, 0.6) is 5.75 Å². The maximum atomic E-state index is 5.97. The molecule has 1 unspecified atom stereocenters. The van der Waals surface area contributed by atoms with E-state index in [0.29, 0.717) is 6.54 Å². The summed E-state index contributed by atoms with van der Waals surface area (Å²) in [5, 5.41) is 4.61. The molecule has 2 aromatic rings. The molecule has 0 saturated carbocycles. The van der Waals surface area contributed by atoms with Crippen molar-refractivity contribution in [2.45, 2.75) is 26.8 Å². The Balaban J connectivity index is 2.53. The topological polar surface area (TPSA) is 53.1 Å². The molecule has 0 aliphatic rings. The Bertz CT molecular complexity index is 575. The van der Waals surface area contributed by atoms with Gasteiger partial charge >= 0.3 is 0 Å². The van der Waals surface area contributed by atoms with Crippen LogP contribution >= 0.6 is 0 Å². The lowest BCUT2D eigenvalue weighted by Gasteiger charge is -2.20. The Morgan fingerprint density at radius 2 is 1.95 bits per heavy atom. The third-order valence-corrected chi connectivity index (χ3v) is 3.70. The van der Waals surface area contributed by atoms with Gasteiger partial charge in [0.15, 0.2) is 0 Å². The number of para-hydroxylation sites is 1. The first-order valence-electron chi connectivity index (χ1n) is 6.45. The van der Waals surface area contributed by atoms with E-state index in [1.807, 2.05) is 35.9 Å². The zero-order valence-corrected chi connectivity index (χ0v) is 12.0.